The molecule has 1 saturated heterocycles. The number of hydrogen-bond donors (Lipinski definition) is 2. The Morgan fingerprint density at radius 1 is 1.32 bits per heavy atom. The van der Waals surface area contributed by atoms with Crippen molar-refractivity contribution in [1.82, 2.24) is 10.2 Å². The average molecular weight is 260 g/mol. The van der Waals surface area contributed by atoms with E-state index in [1.165, 1.54) is 0 Å². The van der Waals surface area contributed by atoms with Crippen molar-refractivity contribution in [3.05, 3.63) is 29.8 Å². The van der Waals surface area contributed by atoms with Gasteiger partial charge in [0.1, 0.15) is 11.8 Å². The summed E-state index contributed by atoms with van der Waals surface area (Å²) in [5.41, 5.74) is 0.841. The highest BCUT2D eigenvalue weighted by molar-refractivity contribution is 5.95. The lowest BCUT2D eigenvalue weighted by Gasteiger charge is -2.35. The number of hydrogen-bond acceptors (Lipinski definition) is 3. The van der Waals surface area contributed by atoms with Gasteiger partial charge in [0.2, 0.25) is 11.8 Å². The first-order valence-electron chi connectivity index (χ1n) is 6.50. The maximum Gasteiger partial charge on any atom is 0.243 e. The lowest BCUT2D eigenvalue weighted by atomic mass is 10.1. The van der Waals surface area contributed by atoms with E-state index in [0.29, 0.717) is 12.5 Å². The van der Waals surface area contributed by atoms with Crippen molar-refractivity contribution in [3.63, 3.8) is 0 Å². The number of carbonyl (C=O) groups excluding carboxylic acids is 2. The minimum atomic E-state index is -0.344. The predicted molar refractivity (Wildman–Crippen MR) is 68.2 cm³/mol. The van der Waals surface area contributed by atoms with Crippen LogP contribution in [0.25, 0.3) is 0 Å². The van der Waals surface area contributed by atoms with Gasteiger partial charge in [-0.1, -0.05) is 12.1 Å². The van der Waals surface area contributed by atoms with Gasteiger partial charge < -0.3 is 15.3 Å². The maximum atomic E-state index is 12.0. The summed E-state index contributed by atoms with van der Waals surface area (Å²) in [7, 11) is 0. The van der Waals surface area contributed by atoms with Crippen LogP contribution in [0.2, 0.25) is 0 Å². The number of piperazine rings is 1. The molecule has 1 heterocycles. The van der Waals surface area contributed by atoms with Gasteiger partial charge >= 0.3 is 0 Å². The van der Waals surface area contributed by atoms with E-state index < -0.39 is 0 Å². The van der Waals surface area contributed by atoms with Gasteiger partial charge in [-0.3, -0.25) is 9.59 Å². The molecule has 0 bridgehead atoms. The highest BCUT2D eigenvalue weighted by Crippen LogP contribution is 2.37. The molecule has 1 aliphatic heterocycles. The normalized spacial score (nSPS) is 23.4. The number of aromatic hydroxyl groups is 1. The summed E-state index contributed by atoms with van der Waals surface area (Å²) in [6.07, 6.45) is 2.00. The van der Waals surface area contributed by atoms with Crippen molar-refractivity contribution in [2.75, 3.05) is 6.54 Å². The summed E-state index contributed by atoms with van der Waals surface area (Å²) < 4.78 is 0. The summed E-state index contributed by atoms with van der Waals surface area (Å²) in [6.45, 7) is 0.447. The van der Waals surface area contributed by atoms with Crippen LogP contribution in [0.3, 0.4) is 0 Å². The Morgan fingerprint density at radius 3 is 2.79 bits per heavy atom. The van der Waals surface area contributed by atoms with Gasteiger partial charge in [-0.05, 0) is 36.5 Å². The van der Waals surface area contributed by atoms with E-state index in [-0.39, 0.29) is 30.2 Å². The molecule has 2 N–H and O–H groups in total. The van der Waals surface area contributed by atoms with Crippen molar-refractivity contribution >= 4 is 11.8 Å². The number of rotatable bonds is 3. The average Bonchev–Trinajstić information content (AvgIpc) is 3.18. The molecule has 1 atom stereocenters. The van der Waals surface area contributed by atoms with Crippen LogP contribution in [0, 0.1) is 5.92 Å². The van der Waals surface area contributed by atoms with Crippen LogP contribution < -0.4 is 5.32 Å². The molecule has 0 radical (unpaired) electrons. The zero-order chi connectivity index (χ0) is 13.4. The van der Waals surface area contributed by atoms with Crippen molar-refractivity contribution in [1.29, 1.82) is 0 Å². The second-order valence-electron chi connectivity index (χ2n) is 5.19. The molecule has 1 saturated carbocycles. The number of benzene rings is 1. The molecule has 1 aliphatic carbocycles. The second-order valence-corrected chi connectivity index (χ2v) is 5.19. The third-order valence-electron chi connectivity index (χ3n) is 3.67. The van der Waals surface area contributed by atoms with E-state index in [2.05, 4.69) is 5.32 Å². The van der Waals surface area contributed by atoms with E-state index in [1.807, 2.05) is 6.07 Å². The molecule has 5 heteroatoms. The molecule has 2 aliphatic rings. The lowest BCUT2D eigenvalue weighted by molar-refractivity contribution is -0.147. The molecule has 100 valence electrons. The van der Waals surface area contributed by atoms with Gasteiger partial charge in [-0.15, -0.1) is 0 Å². The predicted octanol–water partition coefficient (Wildman–Crippen LogP) is 0.629. The fourth-order valence-corrected chi connectivity index (χ4v) is 2.58. The first kappa shape index (κ1) is 12.0. The molecular formula is C14H16N2O3. The maximum absolute atomic E-state index is 12.0. The molecule has 2 amide bonds. The fourth-order valence-electron chi connectivity index (χ4n) is 2.58. The molecule has 19 heavy (non-hydrogen) atoms. The van der Waals surface area contributed by atoms with E-state index in [9.17, 15) is 14.7 Å². The monoisotopic (exact) mass is 260 g/mol. The smallest absolute Gasteiger partial charge is 0.243 e. The zero-order valence-electron chi connectivity index (χ0n) is 10.5. The van der Waals surface area contributed by atoms with Crippen molar-refractivity contribution in [3.8, 4) is 5.75 Å². The number of nitrogens with zero attached hydrogens (tertiary/aromatic N) is 1. The number of amides is 2. The van der Waals surface area contributed by atoms with Gasteiger partial charge in [0.25, 0.3) is 0 Å². The molecular weight excluding hydrogens is 244 g/mol. The van der Waals surface area contributed by atoms with Crippen LogP contribution >= 0.6 is 0 Å². The van der Waals surface area contributed by atoms with E-state index in [4.69, 9.17) is 0 Å². The summed E-state index contributed by atoms with van der Waals surface area (Å²) in [6, 6.07) is 6.47. The summed E-state index contributed by atoms with van der Waals surface area (Å²) in [5.74, 6) is 0.359. The van der Waals surface area contributed by atoms with Gasteiger partial charge in [-0.2, -0.15) is 0 Å². The Kier molecular flexibility index (Phi) is 2.89. The minimum Gasteiger partial charge on any atom is -0.508 e. The molecule has 0 spiro atoms. The molecule has 5 nitrogen and oxygen atoms in total. The van der Waals surface area contributed by atoms with Crippen LogP contribution in [0.1, 0.15) is 18.4 Å². The first-order chi connectivity index (χ1) is 9.15. The van der Waals surface area contributed by atoms with Crippen molar-refractivity contribution in [2.45, 2.75) is 25.4 Å². The zero-order valence-corrected chi connectivity index (χ0v) is 10.5. The standard InChI is InChI=1S/C14H16N2O3/c17-11-3-1-2-9(6-11)8-16-12(18)7-15-14(19)13(16)10-4-5-10/h1-3,6,10,13,17H,4-5,7-8H2,(H,15,19). The van der Waals surface area contributed by atoms with Crippen molar-refractivity contribution < 1.29 is 14.7 Å². The molecule has 2 fully saturated rings. The Bertz CT molecular complexity index is 525. The fraction of sp³-hybridized carbons (Fsp3) is 0.429. The van der Waals surface area contributed by atoms with Gasteiger partial charge in [0, 0.05) is 6.54 Å². The number of carbonyl (C=O) groups is 2. The third kappa shape index (κ3) is 2.41. The molecule has 0 aromatic heterocycles. The van der Waals surface area contributed by atoms with Gasteiger partial charge in [0.15, 0.2) is 0 Å². The number of nitrogens with one attached hydrogen (secondary N) is 1. The quantitative estimate of drug-likeness (QED) is 0.837. The highest BCUT2D eigenvalue weighted by Gasteiger charge is 2.44. The van der Waals surface area contributed by atoms with Crippen LogP contribution in [0.5, 0.6) is 5.75 Å². The SMILES string of the molecule is O=C1NCC(=O)N(Cc2cccc(O)c2)C1C1CC1. The van der Waals surface area contributed by atoms with Crippen molar-refractivity contribution in [2.24, 2.45) is 5.92 Å². The van der Waals surface area contributed by atoms with Gasteiger partial charge in [0.05, 0.1) is 6.54 Å². The Morgan fingerprint density at radius 2 is 2.11 bits per heavy atom. The Hall–Kier alpha value is -2.04. The van der Waals surface area contributed by atoms with Crippen LogP contribution in [0.4, 0.5) is 0 Å². The summed E-state index contributed by atoms with van der Waals surface area (Å²) >= 11 is 0. The van der Waals surface area contributed by atoms with Gasteiger partial charge in [-0.25, -0.2) is 0 Å². The summed E-state index contributed by atoms with van der Waals surface area (Å²) in [5, 5.41) is 12.1. The minimum absolute atomic E-state index is 0.0535. The molecule has 1 aromatic carbocycles. The van der Waals surface area contributed by atoms with Crippen LogP contribution in [-0.2, 0) is 16.1 Å². The van der Waals surface area contributed by atoms with Crippen LogP contribution in [-0.4, -0.2) is 34.4 Å². The van der Waals surface area contributed by atoms with E-state index in [0.717, 1.165) is 18.4 Å². The van der Waals surface area contributed by atoms with E-state index >= 15 is 0 Å². The molecule has 3 rings (SSSR count). The largest absolute Gasteiger partial charge is 0.508 e. The third-order valence-corrected chi connectivity index (χ3v) is 3.67. The lowest BCUT2D eigenvalue weighted by Crippen LogP contribution is -2.58. The molecule has 1 aromatic rings. The number of phenolic OH excluding ortho intramolecular Hbond substituents is 1. The Balaban J connectivity index is 1.83. The first-order valence-corrected chi connectivity index (χ1v) is 6.50. The highest BCUT2D eigenvalue weighted by atomic mass is 16.3. The number of phenols is 1. The van der Waals surface area contributed by atoms with Crippen LogP contribution in [0.15, 0.2) is 24.3 Å². The van der Waals surface area contributed by atoms with E-state index in [1.54, 1.807) is 23.1 Å². The Labute approximate surface area is 111 Å². The molecule has 1 unspecified atom stereocenters. The topological polar surface area (TPSA) is 69.6 Å². The second kappa shape index (κ2) is 4.57. The summed E-state index contributed by atoms with van der Waals surface area (Å²) in [4.78, 5) is 25.6.